The van der Waals surface area contributed by atoms with Gasteiger partial charge >= 0.3 is 5.97 Å². The van der Waals surface area contributed by atoms with Gasteiger partial charge in [-0.25, -0.2) is 9.78 Å². The third-order valence-electron chi connectivity index (χ3n) is 3.54. The molecular formula is C14H21N3O3. The Balaban J connectivity index is 2.13. The normalized spacial score (nSPS) is 17.4. The van der Waals surface area contributed by atoms with Crippen LogP contribution in [0.2, 0.25) is 0 Å². The molecule has 1 aromatic rings. The van der Waals surface area contributed by atoms with E-state index >= 15 is 0 Å². The number of aromatic amines is 1. The Kier molecular flexibility index (Phi) is 3.58. The molecule has 0 saturated heterocycles. The van der Waals surface area contributed by atoms with E-state index in [1.54, 1.807) is 0 Å². The molecule has 2 rings (SSSR count). The average Bonchev–Trinajstić information content (AvgIpc) is 2.70. The second-order valence-electron chi connectivity index (χ2n) is 6.67. The molecule has 0 aromatic carbocycles. The van der Waals surface area contributed by atoms with E-state index in [1.165, 1.54) is 6.20 Å². The molecule has 6 heteroatoms. The van der Waals surface area contributed by atoms with Crippen molar-refractivity contribution in [2.24, 2.45) is 5.41 Å². The SMILES string of the molecule is CC(C)(C)CC(=O)NC1(c2ncc(C(=O)O)[nH]2)CCC1. The minimum Gasteiger partial charge on any atom is -0.477 e. The smallest absolute Gasteiger partial charge is 0.353 e. The molecule has 1 aromatic heterocycles. The summed E-state index contributed by atoms with van der Waals surface area (Å²) in [6.07, 6.45) is 4.30. The average molecular weight is 279 g/mol. The zero-order chi connectivity index (χ0) is 15.0. The largest absolute Gasteiger partial charge is 0.477 e. The van der Waals surface area contributed by atoms with Gasteiger partial charge in [0.2, 0.25) is 5.91 Å². The molecule has 1 amide bonds. The van der Waals surface area contributed by atoms with Crippen LogP contribution in [0.1, 0.15) is 62.8 Å². The van der Waals surface area contributed by atoms with Crippen LogP contribution < -0.4 is 5.32 Å². The Hall–Kier alpha value is -1.85. The number of hydrogen-bond acceptors (Lipinski definition) is 3. The number of nitrogens with one attached hydrogen (secondary N) is 2. The van der Waals surface area contributed by atoms with Crippen LogP contribution in [0.4, 0.5) is 0 Å². The van der Waals surface area contributed by atoms with Gasteiger partial charge in [0.15, 0.2) is 0 Å². The molecular weight excluding hydrogens is 258 g/mol. The molecule has 1 fully saturated rings. The summed E-state index contributed by atoms with van der Waals surface area (Å²) >= 11 is 0. The second-order valence-corrected chi connectivity index (χ2v) is 6.67. The van der Waals surface area contributed by atoms with Crippen molar-refractivity contribution < 1.29 is 14.7 Å². The fraction of sp³-hybridized carbons (Fsp3) is 0.643. The summed E-state index contributed by atoms with van der Waals surface area (Å²) in [5, 5.41) is 12.0. The van der Waals surface area contributed by atoms with Gasteiger partial charge < -0.3 is 15.4 Å². The summed E-state index contributed by atoms with van der Waals surface area (Å²) in [4.78, 5) is 29.9. The van der Waals surface area contributed by atoms with E-state index in [9.17, 15) is 9.59 Å². The maximum Gasteiger partial charge on any atom is 0.353 e. The third kappa shape index (κ3) is 3.00. The van der Waals surface area contributed by atoms with Gasteiger partial charge in [-0.15, -0.1) is 0 Å². The van der Waals surface area contributed by atoms with Crippen molar-refractivity contribution in [3.05, 3.63) is 17.7 Å². The summed E-state index contributed by atoms with van der Waals surface area (Å²) < 4.78 is 0. The van der Waals surface area contributed by atoms with Crippen molar-refractivity contribution in [2.45, 2.75) is 52.0 Å². The van der Waals surface area contributed by atoms with Crippen LogP contribution >= 0.6 is 0 Å². The lowest BCUT2D eigenvalue weighted by molar-refractivity contribution is -0.126. The van der Waals surface area contributed by atoms with Crippen LogP contribution in [0, 0.1) is 5.41 Å². The first-order chi connectivity index (χ1) is 9.22. The molecule has 20 heavy (non-hydrogen) atoms. The summed E-state index contributed by atoms with van der Waals surface area (Å²) in [6, 6.07) is 0. The summed E-state index contributed by atoms with van der Waals surface area (Å²) in [5.74, 6) is -0.520. The Morgan fingerprint density at radius 2 is 2.10 bits per heavy atom. The third-order valence-corrected chi connectivity index (χ3v) is 3.54. The first-order valence-corrected chi connectivity index (χ1v) is 6.82. The molecule has 0 radical (unpaired) electrons. The minimum atomic E-state index is -1.04. The first-order valence-electron chi connectivity index (χ1n) is 6.82. The van der Waals surface area contributed by atoms with Gasteiger partial charge in [-0.05, 0) is 24.7 Å². The zero-order valence-corrected chi connectivity index (χ0v) is 12.1. The molecule has 0 aliphatic heterocycles. The molecule has 1 heterocycles. The molecule has 3 N–H and O–H groups in total. The Morgan fingerprint density at radius 1 is 1.45 bits per heavy atom. The number of H-pyrrole nitrogens is 1. The number of aromatic carboxylic acids is 1. The van der Waals surface area contributed by atoms with Crippen molar-refractivity contribution in [2.75, 3.05) is 0 Å². The van der Waals surface area contributed by atoms with E-state index in [0.717, 1.165) is 19.3 Å². The van der Waals surface area contributed by atoms with Crippen molar-refractivity contribution in [1.29, 1.82) is 0 Å². The van der Waals surface area contributed by atoms with Gasteiger partial charge in [0.1, 0.15) is 11.5 Å². The van der Waals surface area contributed by atoms with E-state index in [0.29, 0.717) is 12.2 Å². The lowest BCUT2D eigenvalue weighted by Gasteiger charge is -2.41. The summed E-state index contributed by atoms with van der Waals surface area (Å²) in [7, 11) is 0. The van der Waals surface area contributed by atoms with Gasteiger partial charge in [0.25, 0.3) is 0 Å². The number of carboxylic acid groups (broad SMARTS) is 1. The van der Waals surface area contributed by atoms with Crippen LogP contribution in [0.15, 0.2) is 6.20 Å². The van der Waals surface area contributed by atoms with Crippen molar-refractivity contribution >= 4 is 11.9 Å². The fourth-order valence-electron chi connectivity index (χ4n) is 2.42. The van der Waals surface area contributed by atoms with Crippen LogP contribution in [-0.4, -0.2) is 27.0 Å². The van der Waals surface area contributed by atoms with Crippen LogP contribution in [0.5, 0.6) is 0 Å². The van der Waals surface area contributed by atoms with Crippen LogP contribution in [0.25, 0.3) is 0 Å². The van der Waals surface area contributed by atoms with E-state index in [1.807, 2.05) is 20.8 Å². The number of carbonyl (C=O) groups excluding carboxylic acids is 1. The lowest BCUT2D eigenvalue weighted by atomic mass is 9.75. The molecule has 1 saturated carbocycles. The zero-order valence-electron chi connectivity index (χ0n) is 12.1. The van der Waals surface area contributed by atoms with E-state index in [4.69, 9.17) is 5.11 Å². The number of nitrogens with zero attached hydrogens (tertiary/aromatic N) is 1. The van der Waals surface area contributed by atoms with Crippen molar-refractivity contribution in [3.63, 3.8) is 0 Å². The predicted octanol–water partition coefficient (Wildman–Crippen LogP) is 2.04. The standard InChI is InChI=1S/C14H21N3O3/c1-13(2,3)7-10(18)17-14(5-4-6-14)12-15-8-9(16-12)11(19)20/h8H,4-7H2,1-3H3,(H,15,16)(H,17,18)(H,19,20). The van der Waals surface area contributed by atoms with Crippen molar-refractivity contribution in [1.82, 2.24) is 15.3 Å². The quantitative estimate of drug-likeness (QED) is 0.786. The lowest BCUT2D eigenvalue weighted by Crippen LogP contribution is -2.52. The van der Waals surface area contributed by atoms with E-state index in [2.05, 4.69) is 15.3 Å². The van der Waals surface area contributed by atoms with Crippen LogP contribution in [-0.2, 0) is 10.3 Å². The van der Waals surface area contributed by atoms with Gasteiger partial charge in [-0.2, -0.15) is 0 Å². The Bertz CT molecular complexity index is 524. The number of amides is 1. The topological polar surface area (TPSA) is 95.1 Å². The molecule has 1 aliphatic rings. The number of hydrogen-bond donors (Lipinski definition) is 3. The maximum absolute atomic E-state index is 12.1. The minimum absolute atomic E-state index is 0.0227. The number of rotatable bonds is 4. The molecule has 0 atom stereocenters. The van der Waals surface area contributed by atoms with Gasteiger partial charge in [0.05, 0.1) is 11.7 Å². The van der Waals surface area contributed by atoms with Crippen LogP contribution in [0.3, 0.4) is 0 Å². The monoisotopic (exact) mass is 279 g/mol. The second kappa shape index (κ2) is 4.92. The molecule has 110 valence electrons. The first kappa shape index (κ1) is 14.6. The fourth-order valence-corrected chi connectivity index (χ4v) is 2.42. The van der Waals surface area contributed by atoms with E-state index < -0.39 is 11.5 Å². The molecule has 0 unspecified atom stereocenters. The number of aromatic nitrogens is 2. The van der Waals surface area contributed by atoms with Gasteiger partial charge in [-0.3, -0.25) is 4.79 Å². The summed E-state index contributed by atoms with van der Waals surface area (Å²) in [5.41, 5.74) is -0.545. The number of carbonyl (C=O) groups is 2. The molecule has 1 aliphatic carbocycles. The van der Waals surface area contributed by atoms with Crippen molar-refractivity contribution in [3.8, 4) is 0 Å². The summed E-state index contributed by atoms with van der Waals surface area (Å²) in [6.45, 7) is 6.03. The highest BCUT2D eigenvalue weighted by Gasteiger charge is 2.43. The highest BCUT2D eigenvalue weighted by atomic mass is 16.4. The maximum atomic E-state index is 12.1. The number of imidazole rings is 1. The highest BCUT2D eigenvalue weighted by molar-refractivity contribution is 5.85. The Morgan fingerprint density at radius 3 is 2.50 bits per heavy atom. The number of carboxylic acids is 1. The van der Waals surface area contributed by atoms with Gasteiger partial charge in [-0.1, -0.05) is 20.8 Å². The van der Waals surface area contributed by atoms with Gasteiger partial charge in [0, 0.05) is 6.42 Å². The van der Waals surface area contributed by atoms with E-state index in [-0.39, 0.29) is 17.0 Å². The predicted molar refractivity (Wildman–Crippen MR) is 73.3 cm³/mol. The molecule has 6 nitrogen and oxygen atoms in total. The molecule has 0 bridgehead atoms. The molecule has 0 spiro atoms. The highest BCUT2D eigenvalue weighted by Crippen LogP contribution is 2.40. The Labute approximate surface area is 118 Å².